The van der Waals surface area contributed by atoms with E-state index >= 15 is 0 Å². The lowest BCUT2D eigenvalue weighted by Gasteiger charge is -2.41. The van der Waals surface area contributed by atoms with Gasteiger partial charge < -0.3 is 10.0 Å². The largest absolute Gasteiger partial charge is 0.393 e. The van der Waals surface area contributed by atoms with Gasteiger partial charge in [0.2, 0.25) is 0 Å². The molecular weight excluding hydrogens is 198 g/mol. The molecule has 2 nitrogen and oxygen atoms in total. The zero-order chi connectivity index (χ0) is 11.5. The number of anilines is 1. The van der Waals surface area contributed by atoms with Crippen LogP contribution in [0.5, 0.6) is 0 Å². The summed E-state index contributed by atoms with van der Waals surface area (Å²) in [7, 11) is 0. The first-order chi connectivity index (χ1) is 7.68. The molecule has 2 rings (SSSR count). The summed E-state index contributed by atoms with van der Waals surface area (Å²) < 4.78 is 0. The molecule has 1 heterocycles. The minimum atomic E-state index is -0.118. The van der Waals surface area contributed by atoms with Crippen LogP contribution in [0.25, 0.3) is 0 Å². The number of aliphatic hydroxyl groups is 1. The average Bonchev–Trinajstić information content (AvgIpc) is 2.30. The van der Waals surface area contributed by atoms with E-state index in [0.717, 1.165) is 19.4 Å². The van der Waals surface area contributed by atoms with Crippen LogP contribution in [0.1, 0.15) is 26.7 Å². The molecule has 88 valence electrons. The first-order valence-corrected chi connectivity index (χ1v) is 6.18. The third-order valence-electron chi connectivity index (χ3n) is 3.47. The first kappa shape index (κ1) is 11.5. The Kier molecular flexibility index (Phi) is 3.49. The van der Waals surface area contributed by atoms with Crippen molar-refractivity contribution in [2.45, 2.75) is 38.8 Å². The third-order valence-corrected chi connectivity index (χ3v) is 3.47. The van der Waals surface area contributed by atoms with Gasteiger partial charge in [-0.15, -0.1) is 0 Å². The number of hydrogen-bond acceptors (Lipinski definition) is 2. The standard InChI is InChI=1S/C14H21NO/c1-11(2)14-10-13(16)8-9-15(14)12-6-4-3-5-7-12/h3-7,11,13-14,16H,8-10H2,1-2H3/t13-,14-/m1/s1. The molecule has 1 aliphatic heterocycles. The molecule has 2 atom stereocenters. The number of rotatable bonds is 2. The molecule has 0 saturated carbocycles. The SMILES string of the molecule is CC(C)[C@H]1C[C@H](O)CCN1c1ccccc1. The predicted octanol–water partition coefficient (Wildman–Crippen LogP) is 2.67. The van der Waals surface area contributed by atoms with E-state index in [1.165, 1.54) is 5.69 Å². The summed E-state index contributed by atoms with van der Waals surface area (Å²) in [5.74, 6) is 0.579. The van der Waals surface area contributed by atoms with Crippen LogP contribution < -0.4 is 4.90 Å². The maximum absolute atomic E-state index is 9.77. The Bertz CT molecular complexity index is 323. The second-order valence-corrected chi connectivity index (χ2v) is 5.02. The number of para-hydroxylation sites is 1. The van der Waals surface area contributed by atoms with Crippen LogP contribution in [-0.4, -0.2) is 23.8 Å². The molecule has 0 radical (unpaired) electrons. The Morgan fingerprint density at radius 2 is 1.94 bits per heavy atom. The minimum absolute atomic E-state index is 0.118. The maximum atomic E-state index is 9.77. The summed E-state index contributed by atoms with van der Waals surface area (Å²) in [6.45, 7) is 5.44. The molecule has 1 aromatic rings. The molecule has 0 spiro atoms. The van der Waals surface area contributed by atoms with E-state index in [-0.39, 0.29) is 6.10 Å². The van der Waals surface area contributed by atoms with Crippen molar-refractivity contribution in [2.75, 3.05) is 11.4 Å². The summed E-state index contributed by atoms with van der Waals surface area (Å²) in [5, 5.41) is 9.77. The number of hydrogen-bond donors (Lipinski definition) is 1. The number of aliphatic hydroxyl groups excluding tert-OH is 1. The van der Waals surface area contributed by atoms with Gasteiger partial charge in [0.05, 0.1) is 6.10 Å². The lowest BCUT2D eigenvalue weighted by Crippen LogP contribution is -2.47. The second kappa shape index (κ2) is 4.88. The van der Waals surface area contributed by atoms with Crippen LogP contribution in [0.3, 0.4) is 0 Å². The van der Waals surface area contributed by atoms with Gasteiger partial charge in [0, 0.05) is 18.3 Å². The van der Waals surface area contributed by atoms with E-state index in [1.807, 2.05) is 6.07 Å². The van der Waals surface area contributed by atoms with E-state index < -0.39 is 0 Å². The van der Waals surface area contributed by atoms with Crippen LogP contribution in [0, 0.1) is 5.92 Å². The highest BCUT2D eigenvalue weighted by Crippen LogP contribution is 2.28. The summed E-state index contributed by atoms with van der Waals surface area (Å²) in [4.78, 5) is 2.44. The Morgan fingerprint density at radius 3 is 2.56 bits per heavy atom. The van der Waals surface area contributed by atoms with E-state index in [2.05, 4.69) is 43.0 Å². The van der Waals surface area contributed by atoms with Crippen LogP contribution in [0.2, 0.25) is 0 Å². The van der Waals surface area contributed by atoms with Gasteiger partial charge in [-0.25, -0.2) is 0 Å². The molecule has 0 aliphatic carbocycles. The predicted molar refractivity (Wildman–Crippen MR) is 67.7 cm³/mol. The van der Waals surface area contributed by atoms with Crippen molar-refractivity contribution < 1.29 is 5.11 Å². The fraction of sp³-hybridized carbons (Fsp3) is 0.571. The van der Waals surface area contributed by atoms with E-state index in [9.17, 15) is 5.11 Å². The minimum Gasteiger partial charge on any atom is -0.393 e. The van der Waals surface area contributed by atoms with E-state index in [0.29, 0.717) is 12.0 Å². The van der Waals surface area contributed by atoms with Crippen molar-refractivity contribution in [3.8, 4) is 0 Å². The molecule has 0 unspecified atom stereocenters. The molecule has 0 aromatic heterocycles. The molecule has 1 aliphatic rings. The van der Waals surface area contributed by atoms with E-state index in [4.69, 9.17) is 0 Å². The molecule has 0 bridgehead atoms. The van der Waals surface area contributed by atoms with Crippen molar-refractivity contribution in [3.63, 3.8) is 0 Å². The topological polar surface area (TPSA) is 23.5 Å². The van der Waals surface area contributed by atoms with Gasteiger partial charge in [-0.1, -0.05) is 32.0 Å². The maximum Gasteiger partial charge on any atom is 0.0576 e. The van der Waals surface area contributed by atoms with Gasteiger partial charge in [0.25, 0.3) is 0 Å². The molecule has 1 N–H and O–H groups in total. The molecule has 1 fully saturated rings. The number of piperidine rings is 1. The summed E-state index contributed by atoms with van der Waals surface area (Å²) in [6.07, 6.45) is 1.66. The van der Waals surface area contributed by atoms with E-state index in [1.54, 1.807) is 0 Å². The Labute approximate surface area is 97.9 Å². The van der Waals surface area contributed by atoms with Gasteiger partial charge in [0.1, 0.15) is 0 Å². The molecule has 1 saturated heterocycles. The molecule has 0 amide bonds. The quantitative estimate of drug-likeness (QED) is 0.826. The first-order valence-electron chi connectivity index (χ1n) is 6.18. The Morgan fingerprint density at radius 1 is 1.25 bits per heavy atom. The number of nitrogens with zero attached hydrogens (tertiary/aromatic N) is 1. The smallest absolute Gasteiger partial charge is 0.0576 e. The zero-order valence-electron chi connectivity index (χ0n) is 10.1. The third kappa shape index (κ3) is 2.38. The fourth-order valence-corrected chi connectivity index (χ4v) is 2.55. The second-order valence-electron chi connectivity index (χ2n) is 5.02. The van der Waals surface area contributed by atoms with Crippen molar-refractivity contribution in [2.24, 2.45) is 5.92 Å². The van der Waals surface area contributed by atoms with Gasteiger partial charge in [-0.05, 0) is 30.9 Å². The molecule has 2 heteroatoms. The van der Waals surface area contributed by atoms with Crippen molar-refractivity contribution in [3.05, 3.63) is 30.3 Å². The average molecular weight is 219 g/mol. The van der Waals surface area contributed by atoms with Gasteiger partial charge in [0.15, 0.2) is 0 Å². The van der Waals surface area contributed by atoms with Gasteiger partial charge in [-0.3, -0.25) is 0 Å². The summed E-state index contributed by atoms with van der Waals surface area (Å²) in [6, 6.07) is 11.0. The molecule has 1 aromatic carbocycles. The van der Waals surface area contributed by atoms with Crippen molar-refractivity contribution in [1.82, 2.24) is 0 Å². The lowest BCUT2D eigenvalue weighted by molar-refractivity contribution is 0.118. The van der Waals surface area contributed by atoms with Crippen molar-refractivity contribution >= 4 is 5.69 Å². The van der Waals surface area contributed by atoms with Crippen molar-refractivity contribution in [1.29, 1.82) is 0 Å². The Balaban J connectivity index is 2.19. The highest BCUT2D eigenvalue weighted by molar-refractivity contribution is 5.47. The van der Waals surface area contributed by atoms with Crippen LogP contribution in [-0.2, 0) is 0 Å². The van der Waals surface area contributed by atoms with Crippen LogP contribution in [0.4, 0.5) is 5.69 Å². The monoisotopic (exact) mass is 219 g/mol. The van der Waals surface area contributed by atoms with Gasteiger partial charge >= 0.3 is 0 Å². The summed E-state index contributed by atoms with van der Waals surface area (Å²) in [5.41, 5.74) is 1.29. The van der Waals surface area contributed by atoms with Crippen LogP contribution in [0.15, 0.2) is 30.3 Å². The van der Waals surface area contributed by atoms with Gasteiger partial charge in [-0.2, -0.15) is 0 Å². The highest BCUT2D eigenvalue weighted by atomic mass is 16.3. The highest BCUT2D eigenvalue weighted by Gasteiger charge is 2.29. The lowest BCUT2D eigenvalue weighted by atomic mass is 9.90. The fourth-order valence-electron chi connectivity index (χ4n) is 2.55. The summed E-state index contributed by atoms with van der Waals surface area (Å²) >= 11 is 0. The normalized spacial score (nSPS) is 26.1. The Hall–Kier alpha value is -1.02. The van der Waals surface area contributed by atoms with Crippen LogP contribution >= 0.6 is 0 Å². The molecule has 16 heavy (non-hydrogen) atoms. The zero-order valence-corrected chi connectivity index (χ0v) is 10.1. The number of benzene rings is 1. The molecular formula is C14H21NO.